The lowest BCUT2D eigenvalue weighted by Crippen LogP contribution is -2.50. The Labute approximate surface area is 66.1 Å². The zero-order valence-electron chi connectivity index (χ0n) is 6.63. The van der Waals surface area contributed by atoms with E-state index >= 15 is 0 Å². The van der Waals surface area contributed by atoms with Gasteiger partial charge < -0.3 is 10.4 Å². The van der Waals surface area contributed by atoms with E-state index < -0.39 is 11.5 Å². The van der Waals surface area contributed by atoms with Gasteiger partial charge in [-0.05, 0) is 26.3 Å². The largest absolute Gasteiger partial charge is 0.480 e. The minimum atomic E-state index is -0.746. The number of likely N-dealkylation sites (N-methyl/N-ethyl adjacent to an activating group) is 1. The standard InChI is InChI=1S/C8H13NO2/c1-9-8(7(10)11)5-3-2-4-6-8/h2-3,9H,4-6H2,1H3,(H,10,11). The monoisotopic (exact) mass is 155 g/mol. The smallest absolute Gasteiger partial charge is 0.324 e. The third kappa shape index (κ3) is 1.43. The lowest BCUT2D eigenvalue weighted by molar-refractivity contribution is -0.145. The van der Waals surface area contributed by atoms with E-state index in [0.717, 1.165) is 6.42 Å². The maximum absolute atomic E-state index is 10.8. The summed E-state index contributed by atoms with van der Waals surface area (Å²) in [5.41, 5.74) is -0.700. The van der Waals surface area contributed by atoms with Gasteiger partial charge in [-0.25, -0.2) is 0 Å². The molecule has 3 heteroatoms. The second-order valence-corrected chi connectivity index (χ2v) is 2.85. The van der Waals surface area contributed by atoms with Crippen LogP contribution in [-0.4, -0.2) is 23.7 Å². The molecule has 0 heterocycles. The molecule has 1 rings (SSSR count). The molecule has 11 heavy (non-hydrogen) atoms. The number of hydrogen-bond donors (Lipinski definition) is 2. The Hall–Kier alpha value is -0.830. The van der Waals surface area contributed by atoms with E-state index in [2.05, 4.69) is 5.32 Å². The number of allylic oxidation sites excluding steroid dienone is 1. The highest BCUT2D eigenvalue weighted by atomic mass is 16.4. The van der Waals surface area contributed by atoms with Crippen LogP contribution < -0.4 is 5.32 Å². The van der Waals surface area contributed by atoms with Crippen LogP contribution in [0.3, 0.4) is 0 Å². The predicted octanol–water partition coefficient (Wildman–Crippen LogP) is 0.769. The molecular weight excluding hydrogens is 142 g/mol. The van der Waals surface area contributed by atoms with Gasteiger partial charge in [-0.2, -0.15) is 0 Å². The van der Waals surface area contributed by atoms with Crippen LogP contribution in [0.4, 0.5) is 0 Å². The molecule has 0 saturated carbocycles. The molecule has 1 aliphatic carbocycles. The van der Waals surface area contributed by atoms with Crippen LogP contribution in [0, 0.1) is 0 Å². The Kier molecular flexibility index (Phi) is 2.29. The fourth-order valence-electron chi connectivity index (χ4n) is 1.36. The molecule has 2 N–H and O–H groups in total. The Morgan fingerprint density at radius 2 is 2.36 bits per heavy atom. The van der Waals surface area contributed by atoms with Gasteiger partial charge in [0.05, 0.1) is 0 Å². The van der Waals surface area contributed by atoms with Crippen LogP contribution in [0.5, 0.6) is 0 Å². The fourth-order valence-corrected chi connectivity index (χ4v) is 1.36. The average Bonchev–Trinajstić information content (AvgIpc) is 2.05. The van der Waals surface area contributed by atoms with E-state index in [1.165, 1.54) is 0 Å². The van der Waals surface area contributed by atoms with E-state index in [-0.39, 0.29) is 0 Å². The van der Waals surface area contributed by atoms with Gasteiger partial charge in [0, 0.05) is 0 Å². The number of carboxylic acids is 1. The van der Waals surface area contributed by atoms with E-state index in [0.29, 0.717) is 12.8 Å². The Bertz CT molecular complexity index is 189. The van der Waals surface area contributed by atoms with E-state index in [9.17, 15) is 4.79 Å². The van der Waals surface area contributed by atoms with Crippen LogP contribution in [-0.2, 0) is 4.79 Å². The zero-order chi connectivity index (χ0) is 8.32. The van der Waals surface area contributed by atoms with Gasteiger partial charge in [-0.3, -0.25) is 4.79 Å². The summed E-state index contributed by atoms with van der Waals surface area (Å²) in [4.78, 5) is 10.8. The minimum Gasteiger partial charge on any atom is -0.480 e. The molecule has 0 fully saturated rings. The van der Waals surface area contributed by atoms with Gasteiger partial charge in [-0.15, -0.1) is 0 Å². The van der Waals surface area contributed by atoms with Crippen molar-refractivity contribution in [2.24, 2.45) is 0 Å². The highest BCUT2D eigenvalue weighted by Crippen LogP contribution is 2.22. The van der Waals surface area contributed by atoms with Crippen LogP contribution in [0.1, 0.15) is 19.3 Å². The first kappa shape index (κ1) is 8.27. The summed E-state index contributed by atoms with van der Waals surface area (Å²) in [5, 5.41) is 11.8. The minimum absolute atomic E-state index is 0.596. The molecule has 1 aliphatic rings. The summed E-state index contributed by atoms with van der Waals surface area (Å²) in [6.07, 6.45) is 6.09. The molecule has 0 amide bonds. The van der Waals surface area contributed by atoms with Crippen molar-refractivity contribution in [3.8, 4) is 0 Å². The zero-order valence-corrected chi connectivity index (χ0v) is 6.63. The summed E-state index contributed by atoms with van der Waals surface area (Å²) in [6.45, 7) is 0. The molecule has 0 aromatic heterocycles. The fraction of sp³-hybridized carbons (Fsp3) is 0.625. The molecule has 0 radical (unpaired) electrons. The van der Waals surface area contributed by atoms with E-state index in [4.69, 9.17) is 5.11 Å². The van der Waals surface area contributed by atoms with Crippen molar-refractivity contribution >= 4 is 5.97 Å². The molecule has 0 saturated heterocycles. The molecule has 62 valence electrons. The second-order valence-electron chi connectivity index (χ2n) is 2.85. The summed E-state index contributed by atoms with van der Waals surface area (Å²) < 4.78 is 0. The Morgan fingerprint density at radius 1 is 1.64 bits per heavy atom. The molecular formula is C8H13NO2. The molecule has 0 bridgehead atoms. The molecule has 1 unspecified atom stereocenters. The topological polar surface area (TPSA) is 49.3 Å². The highest BCUT2D eigenvalue weighted by molar-refractivity contribution is 5.79. The number of aliphatic carboxylic acids is 1. The predicted molar refractivity (Wildman–Crippen MR) is 42.4 cm³/mol. The number of carbonyl (C=O) groups is 1. The summed E-state index contributed by atoms with van der Waals surface area (Å²) in [6, 6.07) is 0. The highest BCUT2D eigenvalue weighted by Gasteiger charge is 2.35. The number of hydrogen-bond acceptors (Lipinski definition) is 2. The first-order valence-electron chi connectivity index (χ1n) is 3.78. The van der Waals surface area contributed by atoms with Gasteiger partial charge in [0.25, 0.3) is 0 Å². The van der Waals surface area contributed by atoms with Crippen LogP contribution >= 0.6 is 0 Å². The van der Waals surface area contributed by atoms with Gasteiger partial charge in [0.1, 0.15) is 5.54 Å². The SMILES string of the molecule is CNC1(C(=O)O)CC=CCC1. The third-order valence-corrected chi connectivity index (χ3v) is 2.26. The van der Waals surface area contributed by atoms with E-state index in [1.54, 1.807) is 7.05 Å². The lowest BCUT2D eigenvalue weighted by Gasteiger charge is -2.29. The summed E-state index contributed by atoms with van der Waals surface area (Å²) in [7, 11) is 1.70. The van der Waals surface area contributed by atoms with Crippen molar-refractivity contribution in [1.82, 2.24) is 5.32 Å². The van der Waals surface area contributed by atoms with E-state index in [1.807, 2.05) is 12.2 Å². The maximum Gasteiger partial charge on any atom is 0.324 e. The molecule has 1 atom stereocenters. The molecule has 0 spiro atoms. The van der Waals surface area contributed by atoms with Gasteiger partial charge in [0.15, 0.2) is 0 Å². The van der Waals surface area contributed by atoms with Crippen LogP contribution in [0.25, 0.3) is 0 Å². The maximum atomic E-state index is 10.8. The van der Waals surface area contributed by atoms with Crippen molar-refractivity contribution in [1.29, 1.82) is 0 Å². The Balaban J connectivity index is 2.75. The molecule has 0 aromatic rings. The second kappa shape index (κ2) is 3.05. The first-order chi connectivity index (χ1) is 5.21. The number of nitrogens with one attached hydrogen (secondary N) is 1. The van der Waals surface area contributed by atoms with Crippen molar-refractivity contribution < 1.29 is 9.90 Å². The average molecular weight is 155 g/mol. The molecule has 0 aliphatic heterocycles. The van der Waals surface area contributed by atoms with Crippen LogP contribution in [0.2, 0.25) is 0 Å². The number of carboxylic acid groups (broad SMARTS) is 1. The lowest BCUT2D eigenvalue weighted by atomic mass is 9.86. The Morgan fingerprint density at radius 3 is 2.64 bits per heavy atom. The van der Waals surface area contributed by atoms with Crippen LogP contribution in [0.15, 0.2) is 12.2 Å². The normalized spacial score (nSPS) is 30.3. The van der Waals surface area contributed by atoms with Gasteiger partial charge in [0.2, 0.25) is 0 Å². The molecule has 3 nitrogen and oxygen atoms in total. The third-order valence-electron chi connectivity index (χ3n) is 2.26. The molecule has 0 aromatic carbocycles. The quantitative estimate of drug-likeness (QED) is 0.579. The summed E-state index contributed by atoms with van der Waals surface area (Å²) in [5.74, 6) is -0.746. The van der Waals surface area contributed by atoms with Crippen molar-refractivity contribution in [2.75, 3.05) is 7.05 Å². The van der Waals surface area contributed by atoms with Crippen molar-refractivity contribution in [2.45, 2.75) is 24.8 Å². The van der Waals surface area contributed by atoms with Crippen molar-refractivity contribution in [3.63, 3.8) is 0 Å². The summed E-state index contributed by atoms with van der Waals surface area (Å²) >= 11 is 0. The van der Waals surface area contributed by atoms with Crippen molar-refractivity contribution in [3.05, 3.63) is 12.2 Å². The van der Waals surface area contributed by atoms with Gasteiger partial charge >= 0.3 is 5.97 Å². The first-order valence-corrected chi connectivity index (χ1v) is 3.78. The number of rotatable bonds is 2. The van der Waals surface area contributed by atoms with Gasteiger partial charge in [-0.1, -0.05) is 12.2 Å².